The maximum Gasteiger partial charge on any atom is 0.289 e. The number of halogens is 3. The summed E-state index contributed by atoms with van der Waals surface area (Å²) in [5, 5.41) is 6.22. The van der Waals surface area contributed by atoms with Crippen LogP contribution in [0.5, 0.6) is 0 Å². The maximum atomic E-state index is 13.8. The van der Waals surface area contributed by atoms with E-state index in [0.29, 0.717) is 32.9 Å². The molecule has 3 aromatic heterocycles. The number of alkyl halides is 2. The summed E-state index contributed by atoms with van der Waals surface area (Å²) in [7, 11) is -2.79. The van der Waals surface area contributed by atoms with Gasteiger partial charge in [-0.2, -0.15) is 13.1 Å². The van der Waals surface area contributed by atoms with Gasteiger partial charge in [-0.25, -0.2) is 9.19 Å². The third-order valence-electron chi connectivity index (χ3n) is 5.38. The van der Waals surface area contributed by atoms with Crippen LogP contribution in [0.2, 0.25) is 5.02 Å². The largest absolute Gasteiger partial charge is 0.354 e. The minimum absolute atomic E-state index is 0.305. The van der Waals surface area contributed by atoms with Crippen LogP contribution in [0.15, 0.2) is 62.9 Å². The van der Waals surface area contributed by atoms with Crippen molar-refractivity contribution in [2.24, 2.45) is 4.36 Å². The number of benzene rings is 1. The van der Waals surface area contributed by atoms with Crippen LogP contribution in [0, 0.1) is 0 Å². The zero-order chi connectivity index (χ0) is 24.5. The molecule has 1 aromatic carbocycles. The predicted octanol–water partition coefficient (Wildman–Crippen LogP) is 7.51. The molecular formula is C23H21ClF2N4O2S2. The molecule has 0 saturated carbocycles. The van der Waals surface area contributed by atoms with E-state index in [2.05, 4.69) is 19.5 Å². The summed E-state index contributed by atoms with van der Waals surface area (Å²) in [4.78, 5) is 8.31. The summed E-state index contributed by atoms with van der Waals surface area (Å²) in [6.07, 6.45) is 2.51. The summed E-state index contributed by atoms with van der Waals surface area (Å²) < 4.78 is 50.8. The highest BCUT2D eigenvalue weighted by Gasteiger charge is 2.31. The second-order valence-corrected chi connectivity index (χ2v) is 11.6. The standard InChI is InChI=1S/C23H21ClF2N4O2S2/c1-4-23(25,26)21-10-7-16(12-27-21)14(2)34(3,31)30-22-28-19(13-33-22)20-11-18(29-32-20)15-5-8-17(24)9-6-15/h5-14H,4H2,1-3H3. The van der Waals surface area contributed by atoms with Crippen LogP contribution in [0.25, 0.3) is 22.7 Å². The van der Waals surface area contributed by atoms with E-state index in [4.69, 9.17) is 16.1 Å². The monoisotopic (exact) mass is 522 g/mol. The Hall–Kier alpha value is -2.69. The van der Waals surface area contributed by atoms with E-state index in [-0.39, 0.29) is 12.1 Å². The number of rotatable bonds is 7. The minimum Gasteiger partial charge on any atom is -0.354 e. The Labute approximate surface area is 205 Å². The quantitative estimate of drug-likeness (QED) is 0.251. The molecular weight excluding hydrogens is 502 g/mol. The van der Waals surface area contributed by atoms with Gasteiger partial charge in [-0.15, -0.1) is 11.3 Å². The molecule has 0 amide bonds. The summed E-state index contributed by atoms with van der Waals surface area (Å²) in [5.74, 6) is -2.54. The van der Waals surface area contributed by atoms with Gasteiger partial charge in [0.05, 0.1) is 15.0 Å². The first kappa shape index (κ1) is 24.4. The predicted molar refractivity (Wildman–Crippen MR) is 131 cm³/mol. The van der Waals surface area contributed by atoms with E-state index < -0.39 is 20.9 Å². The number of aromatic nitrogens is 3. The third-order valence-corrected chi connectivity index (χ3v) is 8.61. The third kappa shape index (κ3) is 5.18. The summed E-state index contributed by atoms with van der Waals surface area (Å²) >= 11 is 7.15. The number of hydrogen-bond donors (Lipinski definition) is 0. The van der Waals surface area contributed by atoms with Crippen LogP contribution < -0.4 is 0 Å². The summed E-state index contributed by atoms with van der Waals surface area (Å²) in [5.41, 5.74) is 2.26. The summed E-state index contributed by atoms with van der Waals surface area (Å²) in [6, 6.07) is 11.8. The van der Waals surface area contributed by atoms with Gasteiger partial charge in [0.2, 0.25) is 5.13 Å². The van der Waals surface area contributed by atoms with Gasteiger partial charge in [-0.1, -0.05) is 41.9 Å². The fourth-order valence-electron chi connectivity index (χ4n) is 3.10. The molecule has 2 unspecified atom stereocenters. The van der Waals surface area contributed by atoms with Crippen molar-refractivity contribution in [3.8, 4) is 22.7 Å². The van der Waals surface area contributed by atoms with Crippen LogP contribution in [-0.4, -0.2) is 25.6 Å². The van der Waals surface area contributed by atoms with Gasteiger partial charge in [0, 0.05) is 40.9 Å². The molecule has 178 valence electrons. The van der Waals surface area contributed by atoms with E-state index >= 15 is 0 Å². The average Bonchev–Trinajstić information content (AvgIpc) is 3.49. The number of hydrogen-bond acceptors (Lipinski definition) is 7. The first-order chi connectivity index (χ1) is 16.1. The van der Waals surface area contributed by atoms with Crippen molar-refractivity contribution in [3.05, 3.63) is 70.3 Å². The molecule has 0 aliphatic carbocycles. The fraction of sp³-hybridized carbons (Fsp3) is 0.261. The lowest BCUT2D eigenvalue weighted by molar-refractivity contribution is -0.0128. The first-order valence-corrected chi connectivity index (χ1v) is 13.6. The topological polar surface area (TPSA) is 81.2 Å². The summed E-state index contributed by atoms with van der Waals surface area (Å²) in [6.45, 7) is 3.12. The highest BCUT2D eigenvalue weighted by atomic mass is 35.5. The van der Waals surface area contributed by atoms with Gasteiger partial charge in [-0.3, -0.25) is 4.98 Å². The second kappa shape index (κ2) is 9.52. The Morgan fingerprint density at radius 3 is 2.59 bits per heavy atom. The Kier molecular flexibility index (Phi) is 6.84. The lowest BCUT2D eigenvalue weighted by Crippen LogP contribution is -2.14. The van der Waals surface area contributed by atoms with Crippen molar-refractivity contribution < 1.29 is 17.5 Å². The van der Waals surface area contributed by atoms with E-state index in [0.717, 1.165) is 5.56 Å². The van der Waals surface area contributed by atoms with Gasteiger partial charge >= 0.3 is 0 Å². The number of pyridine rings is 1. The van der Waals surface area contributed by atoms with Crippen LogP contribution in [0.1, 0.15) is 36.8 Å². The normalized spacial score (nSPS) is 14.5. The van der Waals surface area contributed by atoms with E-state index in [9.17, 15) is 13.0 Å². The molecule has 0 radical (unpaired) electrons. The Balaban J connectivity index is 1.55. The van der Waals surface area contributed by atoms with Gasteiger partial charge in [0.1, 0.15) is 17.1 Å². The van der Waals surface area contributed by atoms with Gasteiger partial charge in [-0.05, 0) is 30.7 Å². The molecule has 0 N–H and O–H groups in total. The van der Waals surface area contributed by atoms with Crippen molar-refractivity contribution in [1.82, 2.24) is 15.1 Å². The molecule has 0 aliphatic rings. The van der Waals surface area contributed by atoms with Crippen molar-refractivity contribution in [1.29, 1.82) is 0 Å². The molecule has 4 rings (SSSR count). The zero-order valence-electron chi connectivity index (χ0n) is 18.5. The van der Waals surface area contributed by atoms with Crippen molar-refractivity contribution >= 4 is 37.8 Å². The Morgan fingerprint density at radius 2 is 1.94 bits per heavy atom. The molecule has 11 heteroatoms. The molecule has 4 aromatic rings. The van der Waals surface area contributed by atoms with Crippen LogP contribution >= 0.6 is 22.9 Å². The fourth-order valence-corrected chi connectivity index (χ4v) is 5.53. The lowest BCUT2D eigenvalue weighted by Gasteiger charge is -2.16. The van der Waals surface area contributed by atoms with Gasteiger partial charge < -0.3 is 4.52 Å². The molecule has 0 saturated heterocycles. The highest BCUT2D eigenvalue weighted by Crippen LogP contribution is 2.34. The highest BCUT2D eigenvalue weighted by molar-refractivity contribution is 7.93. The molecule has 0 fully saturated rings. The van der Waals surface area contributed by atoms with Crippen molar-refractivity contribution in [2.45, 2.75) is 31.4 Å². The van der Waals surface area contributed by atoms with Gasteiger partial charge in [0.15, 0.2) is 5.76 Å². The van der Waals surface area contributed by atoms with Crippen LogP contribution in [0.4, 0.5) is 13.9 Å². The van der Waals surface area contributed by atoms with Crippen LogP contribution in [-0.2, 0) is 15.7 Å². The average molecular weight is 523 g/mol. The van der Waals surface area contributed by atoms with Crippen LogP contribution in [0.3, 0.4) is 0 Å². The molecule has 0 bridgehead atoms. The van der Waals surface area contributed by atoms with E-state index in [1.165, 1.54) is 42.8 Å². The molecule has 34 heavy (non-hydrogen) atoms. The van der Waals surface area contributed by atoms with E-state index in [1.807, 2.05) is 12.1 Å². The molecule has 3 heterocycles. The number of nitrogens with zero attached hydrogens (tertiary/aromatic N) is 4. The lowest BCUT2D eigenvalue weighted by atomic mass is 10.1. The number of thiazole rings is 1. The minimum atomic E-state index is -2.99. The molecule has 0 spiro atoms. The molecule has 2 atom stereocenters. The van der Waals surface area contributed by atoms with Crippen molar-refractivity contribution in [3.63, 3.8) is 0 Å². The smallest absolute Gasteiger partial charge is 0.289 e. The van der Waals surface area contributed by atoms with Gasteiger partial charge in [0.25, 0.3) is 5.92 Å². The zero-order valence-corrected chi connectivity index (χ0v) is 20.9. The SMILES string of the molecule is CCC(F)(F)c1ccc(C(C)S(C)(=O)=Nc2nc(-c3cc(-c4ccc(Cl)cc4)no3)cs2)cn1. The Bertz CT molecular complexity index is 1410. The second-order valence-electron chi connectivity index (χ2n) is 7.73. The van der Waals surface area contributed by atoms with E-state index in [1.54, 1.807) is 30.5 Å². The molecule has 0 aliphatic heterocycles. The molecule has 6 nitrogen and oxygen atoms in total. The Morgan fingerprint density at radius 1 is 1.21 bits per heavy atom. The first-order valence-electron chi connectivity index (χ1n) is 10.3. The maximum absolute atomic E-state index is 13.8. The van der Waals surface area contributed by atoms with Crippen molar-refractivity contribution in [2.75, 3.05) is 6.26 Å².